The molecule has 3 rings (SSSR count). The van der Waals surface area contributed by atoms with Crippen LogP contribution in [0.2, 0.25) is 5.02 Å². The van der Waals surface area contributed by atoms with Crippen molar-refractivity contribution in [3.05, 3.63) is 95.0 Å². The molecule has 4 nitrogen and oxygen atoms in total. The maximum atomic E-state index is 12.3. The lowest BCUT2D eigenvalue weighted by Crippen LogP contribution is -2.15. The molecule has 2 N–H and O–H groups in total. The molecule has 2 amide bonds. The number of hydrogen-bond acceptors (Lipinski definition) is 2. The highest BCUT2D eigenvalue weighted by molar-refractivity contribution is 6.34. The van der Waals surface area contributed by atoms with Crippen molar-refractivity contribution < 1.29 is 9.59 Å². The van der Waals surface area contributed by atoms with Crippen LogP contribution in [0.4, 0.5) is 11.4 Å². The predicted molar refractivity (Wildman–Crippen MR) is 100 cm³/mol. The molecule has 3 aromatic rings. The lowest BCUT2D eigenvalue weighted by atomic mass is 10.1. The molecule has 0 aliphatic heterocycles. The van der Waals surface area contributed by atoms with Gasteiger partial charge in [-0.05, 0) is 42.5 Å². The van der Waals surface area contributed by atoms with E-state index in [2.05, 4.69) is 10.6 Å². The van der Waals surface area contributed by atoms with Gasteiger partial charge in [0.05, 0.1) is 10.6 Å². The van der Waals surface area contributed by atoms with Crippen LogP contribution in [-0.4, -0.2) is 11.8 Å². The minimum Gasteiger partial charge on any atom is -0.322 e. The van der Waals surface area contributed by atoms with Crippen molar-refractivity contribution in [1.82, 2.24) is 0 Å². The molecule has 25 heavy (non-hydrogen) atoms. The van der Waals surface area contributed by atoms with Gasteiger partial charge in [-0.3, -0.25) is 9.59 Å². The molecule has 0 radical (unpaired) electrons. The quantitative estimate of drug-likeness (QED) is 0.707. The molecule has 0 atom stereocenters. The minimum absolute atomic E-state index is 0.250. The van der Waals surface area contributed by atoms with Gasteiger partial charge in [0.2, 0.25) is 0 Å². The largest absolute Gasteiger partial charge is 0.322 e. The third-order valence-electron chi connectivity index (χ3n) is 3.53. The summed E-state index contributed by atoms with van der Waals surface area (Å²) in [7, 11) is 0. The first-order valence-corrected chi connectivity index (χ1v) is 8.03. The van der Waals surface area contributed by atoms with Crippen LogP contribution >= 0.6 is 11.6 Å². The number of rotatable bonds is 4. The number of halogens is 1. The van der Waals surface area contributed by atoms with E-state index in [1.807, 2.05) is 18.2 Å². The first-order chi connectivity index (χ1) is 12.1. The van der Waals surface area contributed by atoms with Crippen molar-refractivity contribution in [2.75, 3.05) is 10.6 Å². The van der Waals surface area contributed by atoms with E-state index in [4.69, 9.17) is 11.6 Å². The number of amides is 2. The van der Waals surface area contributed by atoms with Crippen molar-refractivity contribution >= 4 is 34.8 Å². The summed E-state index contributed by atoms with van der Waals surface area (Å²) in [4.78, 5) is 24.6. The number of para-hydroxylation sites is 1. The summed E-state index contributed by atoms with van der Waals surface area (Å²) in [5.74, 6) is -0.578. The van der Waals surface area contributed by atoms with Crippen LogP contribution in [0.15, 0.2) is 78.9 Å². The fourth-order valence-corrected chi connectivity index (χ4v) is 2.53. The highest BCUT2D eigenvalue weighted by atomic mass is 35.5. The zero-order valence-corrected chi connectivity index (χ0v) is 14.0. The van der Waals surface area contributed by atoms with Gasteiger partial charge in [0.15, 0.2) is 0 Å². The average Bonchev–Trinajstić information content (AvgIpc) is 2.63. The second-order valence-electron chi connectivity index (χ2n) is 5.33. The van der Waals surface area contributed by atoms with Gasteiger partial charge < -0.3 is 10.6 Å². The Morgan fingerprint density at radius 3 is 2.08 bits per heavy atom. The van der Waals surface area contributed by atoms with Crippen LogP contribution in [0.25, 0.3) is 0 Å². The second kappa shape index (κ2) is 7.64. The molecule has 0 saturated carbocycles. The summed E-state index contributed by atoms with van der Waals surface area (Å²) in [5, 5.41) is 5.93. The molecule has 0 aromatic heterocycles. The van der Waals surface area contributed by atoms with Gasteiger partial charge >= 0.3 is 0 Å². The van der Waals surface area contributed by atoms with Crippen LogP contribution in [0, 0.1) is 0 Å². The summed E-state index contributed by atoms with van der Waals surface area (Å²) in [5.41, 5.74) is 2.05. The fraction of sp³-hybridized carbons (Fsp3) is 0. The average molecular weight is 351 g/mol. The Morgan fingerprint density at radius 1 is 0.680 bits per heavy atom. The molecule has 0 fully saturated rings. The topological polar surface area (TPSA) is 58.2 Å². The van der Waals surface area contributed by atoms with E-state index < -0.39 is 0 Å². The highest BCUT2D eigenvalue weighted by Crippen LogP contribution is 2.18. The molecule has 0 heterocycles. The van der Waals surface area contributed by atoms with Gasteiger partial charge in [0, 0.05) is 16.9 Å². The molecular weight excluding hydrogens is 336 g/mol. The van der Waals surface area contributed by atoms with Gasteiger partial charge in [-0.1, -0.05) is 48.0 Å². The van der Waals surface area contributed by atoms with Crippen molar-refractivity contribution in [1.29, 1.82) is 0 Å². The molecule has 0 aliphatic rings. The van der Waals surface area contributed by atoms with E-state index in [0.717, 1.165) is 0 Å². The molecule has 5 heteroatoms. The lowest BCUT2D eigenvalue weighted by Gasteiger charge is -2.09. The molecular formula is C20H15ClN2O2. The smallest absolute Gasteiger partial charge is 0.257 e. The molecule has 0 saturated heterocycles. The Morgan fingerprint density at radius 2 is 1.32 bits per heavy atom. The zero-order valence-electron chi connectivity index (χ0n) is 13.2. The van der Waals surface area contributed by atoms with Gasteiger partial charge in [-0.25, -0.2) is 0 Å². The number of anilines is 2. The zero-order chi connectivity index (χ0) is 17.6. The lowest BCUT2D eigenvalue weighted by molar-refractivity contribution is 0.101. The summed E-state index contributed by atoms with van der Waals surface area (Å²) in [6.45, 7) is 0. The second-order valence-corrected chi connectivity index (χ2v) is 5.74. The first-order valence-electron chi connectivity index (χ1n) is 7.66. The number of carbonyl (C=O) groups excluding carboxylic acids is 2. The van der Waals surface area contributed by atoms with E-state index in [1.54, 1.807) is 60.7 Å². The van der Waals surface area contributed by atoms with Crippen LogP contribution < -0.4 is 10.6 Å². The van der Waals surface area contributed by atoms with Crippen molar-refractivity contribution in [3.8, 4) is 0 Å². The van der Waals surface area contributed by atoms with Crippen molar-refractivity contribution in [3.63, 3.8) is 0 Å². The van der Waals surface area contributed by atoms with Gasteiger partial charge in [0.25, 0.3) is 11.8 Å². The Hall–Kier alpha value is -3.11. The van der Waals surface area contributed by atoms with Gasteiger partial charge in [-0.2, -0.15) is 0 Å². The van der Waals surface area contributed by atoms with Crippen LogP contribution in [-0.2, 0) is 0 Å². The summed E-state index contributed by atoms with van der Waals surface area (Å²) < 4.78 is 0. The van der Waals surface area contributed by atoms with E-state index in [-0.39, 0.29) is 11.8 Å². The minimum atomic E-state index is -0.328. The molecule has 3 aromatic carbocycles. The first kappa shape index (κ1) is 16.7. The van der Waals surface area contributed by atoms with E-state index in [0.29, 0.717) is 27.5 Å². The van der Waals surface area contributed by atoms with Crippen molar-refractivity contribution in [2.24, 2.45) is 0 Å². The van der Waals surface area contributed by atoms with Gasteiger partial charge in [0.1, 0.15) is 0 Å². The third-order valence-corrected chi connectivity index (χ3v) is 3.86. The van der Waals surface area contributed by atoms with E-state index >= 15 is 0 Å². The summed E-state index contributed by atoms with van der Waals surface area (Å²) in [6, 6.07) is 22.7. The SMILES string of the molecule is O=C(Nc1ccccc1)c1cccc(NC(=O)c2ccccc2Cl)c1. The molecule has 124 valence electrons. The standard InChI is InChI=1S/C20H15ClN2O2/c21-18-12-5-4-11-17(18)20(25)23-16-10-6-7-14(13-16)19(24)22-15-8-2-1-3-9-15/h1-13H,(H,22,24)(H,23,25). The predicted octanol–water partition coefficient (Wildman–Crippen LogP) is 4.84. The van der Waals surface area contributed by atoms with Crippen LogP contribution in [0.1, 0.15) is 20.7 Å². The maximum absolute atomic E-state index is 12.3. The van der Waals surface area contributed by atoms with Gasteiger partial charge in [-0.15, -0.1) is 0 Å². The van der Waals surface area contributed by atoms with Crippen molar-refractivity contribution in [2.45, 2.75) is 0 Å². The Balaban J connectivity index is 1.74. The summed E-state index contributed by atoms with van der Waals surface area (Å²) >= 11 is 6.03. The molecule has 0 bridgehead atoms. The number of nitrogens with one attached hydrogen (secondary N) is 2. The third kappa shape index (κ3) is 4.25. The van der Waals surface area contributed by atoms with E-state index in [9.17, 15) is 9.59 Å². The number of hydrogen-bond donors (Lipinski definition) is 2. The normalized spacial score (nSPS) is 10.1. The highest BCUT2D eigenvalue weighted by Gasteiger charge is 2.11. The molecule has 0 aliphatic carbocycles. The maximum Gasteiger partial charge on any atom is 0.257 e. The molecule has 0 spiro atoms. The summed E-state index contributed by atoms with van der Waals surface area (Å²) in [6.07, 6.45) is 0. The Kier molecular flexibility index (Phi) is 5.11. The Labute approximate surface area is 150 Å². The van der Waals surface area contributed by atoms with Crippen LogP contribution in [0.5, 0.6) is 0 Å². The molecule has 0 unspecified atom stereocenters. The monoisotopic (exact) mass is 350 g/mol. The number of benzene rings is 3. The fourth-order valence-electron chi connectivity index (χ4n) is 2.31. The Bertz CT molecular complexity index is 910. The van der Waals surface area contributed by atoms with E-state index in [1.165, 1.54) is 0 Å². The number of carbonyl (C=O) groups is 2. The van der Waals surface area contributed by atoms with Crippen LogP contribution in [0.3, 0.4) is 0 Å².